The molecule has 0 aliphatic rings. The Morgan fingerprint density at radius 1 is 1.33 bits per heavy atom. The van der Waals surface area contributed by atoms with Crippen molar-refractivity contribution in [1.29, 1.82) is 0 Å². The summed E-state index contributed by atoms with van der Waals surface area (Å²) in [5, 5.41) is 2.15. The van der Waals surface area contributed by atoms with Crippen LogP contribution in [-0.2, 0) is 5.41 Å². The highest BCUT2D eigenvalue weighted by molar-refractivity contribution is 7.10. The molecule has 0 saturated carbocycles. The van der Waals surface area contributed by atoms with E-state index in [0.29, 0.717) is 5.41 Å². The van der Waals surface area contributed by atoms with E-state index < -0.39 is 0 Å². The summed E-state index contributed by atoms with van der Waals surface area (Å²) in [6.45, 7) is 10.8. The van der Waals surface area contributed by atoms with E-state index in [0.717, 1.165) is 0 Å². The van der Waals surface area contributed by atoms with Crippen molar-refractivity contribution < 1.29 is 0 Å². The van der Waals surface area contributed by atoms with Gasteiger partial charge in [0.1, 0.15) is 0 Å². The second kappa shape index (κ2) is 5.36. The fourth-order valence-electron chi connectivity index (χ4n) is 0.838. The van der Waals surface area contributed by atoms with Crippen molar-refractivity contribution in [3.8, 4) is 0 Å². The normalized spacial score (nSPS) is 10.4. The van der Waals surface area contributed by atoms with Crippen molar-refractivity contribution in [1.82, 2.24) is 0 Å². The van der Waals surface area contributed by atoms with E-state index in [9.17, 15) is 0 Å². The molecule has 12 heavy (non-hydrogen) atoms. The standard InChI is InChI=1S/C9H14S.C2H6/c1-4-9(2,3)8-6-5-7-10-8;1-2/h5-7H,4H2,1-3H3;1-2H3. The van der Waals surface area contributed by atoms with Gasteiger partial charge in [-0.05, 0) is 23.3 Å². The van der Waals surface area contributed by atoms with Crippen LogP contribution in [0.15, 0.2) is 17.5 Å². The zero-order chi connectivity index (χ0) is 9.61. The maximum Gasteiger partial charge on any atom is 0.0101 e. The number of hydrogen-bond acceptors (Lipinski definition) is 1. The zero-order valence-electron chi connectivity index (χ0n) is 8.85. The summed E-state index contributed by atoms with van der Waals surface area (Å²) in [4.78, 5) is 1.50. The highest BCUT2D eigenvalue weighted by Gasteiger charge is 2.17. The molecule has 1 heteroatoms. The van der Waals surface area contributed by atoms with Crippen LogP contribution in [0.5, 0.6) is 0 Å². The lowest BCUT2D eigenvalue weighted by Crippen LogP contribution is -2.12. The van der Waals surface area contributed by atoms with Crippen LogP contribution in [0.4, 0.5) is 0 Å². The first-order valence-electron chi connectivity index (χ1n) is 4.71. The third-order valence-electron chi connectivity index (χ3n) is 2.07. The Kier molecular flexibility index (Phi) is 5.23. The third-order valence-corrected chi connectivity index (χ3v) is 3.31. The topological polar surface area (TPSA) is 0 Å². The smallest absolute Gasteiger partial charge is 0.0101 e. The molecule has 0 aliphatic heterocycles. The minimum absolute atomic E-state index is 0.383. The lowest BCUT2D eigenvalue weighted by molar-refractivity contribution is 0.517. The van der Waals surface area contributed by atoms with Crippen LogP contribution >= 0.6 is 11.3 Å². The molecule has 70 valence electrons. The Bertz CT molecular complexity index is 185. The molecular formula is C11H20S. The Morgan fingerprint density at radius 2 is 1.92 bits per heavy atom. The molecule has 0 nitrogen and oxygen atoms in total. The molecule has 0 fully saturated rings. The highest BCUT2D eigenvalue weighted by Crippen LogP contribution is 2.29. The van der Waals surface area contributed by atoms with Crippen LogP contribution in [-0.4, -0.2) is 0 Å². The second-order valence-electron chi connectivity index (χ2n) is 3.21. The van der Waals surface area contributed by atoms with Gasteiger partial charge in [0.25, 0.3) is 0 Å². The molecule has 1 aromatic rings. The first kappa shape index (κ1) is 11.7. The van der Waals surface area contributed by atoms with Gasteiger partial charge in [-0.25, -0.2) is 0 Å². The lowest BCUT2D eigenvalue weighted by Gasteiger charge is -2.20. The Labute approximate surface area is 80.6 Å². The molecule has 1 rings (SSSR count). The summed E-state index contributed by atoms with van der Waals surface area (Å²) in [5.74, 6) is 0. The van der Waals surface area contributed by atoms with Gasteiger partial charge in [-0.3, -0.25) is 0 Å². The van der Waals surface area contributed by atoms with E-state index in [1.165, 1.54) is 11.3 Å². The van der Waals surface area contributed by atoms with Gasteiger partial charge in [0.05, 0.1) is 0 Å². The van der Waals surface area contributed by atoms with Crippen LogP contribution in [0, 0.1) is 0 Å². The summed E-state index contributed by atoms with van der Waals surface area (Å²) in [7, 11) is 0. The molecule has 0 atom stereocenters. The van der Waals surface area contributed by atoms with Crippen molar-refractivity contribution in [2.75, 3.05) is 0 Å². The third kappa shape index (κ3) is 2.98. The molecular weight excluding hydrogens is 164 g/mol. The van der Waals surface area contributed by atoms with Crippen molar-refractivity contribution in [3.05, 3.63) is 22.4 Å². The molecule has 1 aromatic heterocycles. The van der Waals surface area contributed by atoms with Crippen LogP contribution in [0.3, 0.4) is 0 Å². The quantitative estimate of drug-likeness (QED) is 0.636. The van der Waals surface area contributed by atoms with Gasteiger partial charge in [0, 0.05) is 4.88 Å². The summed E-state index contributed by atoms with van der Waals surface area (Å²) in [5.41, 5.74) is 0.383. The van der Waals surface area contributed by atoms with Gasteiger partial charge in [-0.1, -0.05) is 40.7 Å². The summed E-state index contributed by atoms with van der Waals surface area (Å²) in [6, 6.07) is 4.34. The van der Waals surface area contributed by atoms with Crippen LogP contribution in [0.25, 0.3) is 0 Å². The van der Waals surface area contributed by atoms with E-state index in [-0.39, 0.29) is 0 Å². The number of thiophene rings is 1. The SMILES string of the molecule is CC.CCC(C)(C)c1cccs1. The molecule has 0 unspecified atom stereocenters. The van der Waals surface area contributed by atoms with Crippen molar-refractivity contribution in [3.63, 3.8) is 0 Å². The van der Waals surface area contributed by atoms with Gasteiger partial charge in [0.2, 0.25) is 0 Å². The monoisotopic (exact) mass is 184 g/mol. The van der Waals surface area contributed by atoms with Gasteiger partial charge in [0.15, 0.2) is 0 Å². The first-order valence-corrected chi connectivity index (χ1v) is 5.59. The average Bonchev–Trinajstić information content (AvgIpc) is 2.61. The fourth-order valence-corrected chi connectivity index (χ4v) is 1.76. The van der Waals surface area contributed by atoms with Crippen LogP contribution in [0.1, 0.15) is 45.9 Å². The van der Waals surface area contributed by atoms with E-state index >= 15 is 0 Å². The Morgan fingerprint density at radius 3 is 2.25 bits per heavy atom. The zero-order valence-corrected chi connectivity index (χ0v) is 9.66. The molecule has 1 heterocycles. The van der Waals surface area contributed by atoms with Gasteiger partial charge < -0.3 is 0 Å². The van der Waals surface area contributed by atoms with Crippen molar-refractivity contribution >= 4 is 11.3 Å². The minimum Gasteiger partial charge on any atom is -0.148 e. The first-order chi connectivity index (χ1) is 5.67. The highest BCUT2D eigenvalue weighted by atomic mass is 32.1. The van der Waals surface area contributed by atoms with E-state index in [2.05, 4.69) is 38.3 Å². The maximum absolute atomic E-state index is 2.29. The van der Waals surface area contributed by atoms with Gasteiger partial charge >= 0.3 is 0 Å². The molecule has 0 bridgehead atoms. The number of rotatable bonds is 2. The summed E-state index contributed by atoms with van der Waals surface area (Å²) < 4.78 is 0. The molecule has 0 N–H and O–H groups in total. The average molecular weight is 184 g/mol. The van der Waals surface area contributed by atoms with Gasteiger partial charge in [-0.2, -0.15) is 0 Å². The predicted molar refractivity (Wildman–Crippen MR) is 59.0 cm³/mol. The largest absolute Gasteiger partial charge is 0.148 e. The lowest BCUT2D eigenvalue weighted by atomic mass is 9.89. The number of hydrogen-bond donors (Lipinski definition) is 0. The predicted octanol–water partition coefficient (Wildman–Crippen LogP) is 4.46. The maximum atomic E-state index is 2.29. The minimum atomic E-state index is 0.383. The van der Waals surface area contributed by atoms with E-state index in [4.69, 9.17) is 0 Å². The van der Waals surface area contributed by atoms with E-state index in [1.54, 1.807) is 0 Å². The Balaban J connectivity index is 0.000000561. The molecule has 0 spiro atoms. The molecule has 0 amide bonds. The van der Waals surface area contributed by atoms with Crippen LogP contribution < -0.4 is 0 Å². The summed E-state index contributed by atoms with van der Waals surface area (Å²) in [6.07, 6.45) is 1.22. The molecule has 0 saturated heterocycles. The van der Waals surface area contributed by atoms with Gasteiger partial charge in [-0.15, -0.1) is 11.3 Å². The van der Waals surface area contributed by atoms with Crippen LogP contribution in [0.2, 0.25) is 0 Å². The molecule has 0 aromatic carbocycles. The Hall–Kier alpha value is -0.300. The summed E-state index contributed by atoms with van der Waals surface area (Å²) >= 11 is 1.85. The van der Waals surface area contributed by atoms with Crippen molar-refractivity contribution in [2.24, 2.45) is 0 Å². The van der Waals surface area contributed by atoms with E-state index in [1.807, 2.05) is 25.2 Å². The second-order valence-corrected chi connectivity index (χ2v) is 4.16. The van der Waals surface area contributed by atoms with Crippen molar-refractivity contribution in [2.45, 2.75) is 46.5 Å². The molecule has 0 radical (unpaired) electrons. The fraction of sp³-hybridized carbons (Fsp3) is 0.636. The molecule has 0 aliphatic carbocycles.